The number of urea groups is 1. The smallest absolute Gasteiger partial charge is 0.387 e. The van der Waals surface area contributed by atoms with E-state index >= 15 is 0 Å². The van der Waals surface area contributed by atoms with Gasteiger partial charge in [-0.15, -0.1) is 11.3 Å². The molecule has 0 saturated heterocycles. The predicted molar refractivity (Wildman–Crippen MR) is 122 cm³/mol. The molecule has 180 valence electrons. The van der Waals surface area contributed by atoms with Crippen LogP contribution in [0.2, 0.25) is 0 Å². The summed E-state index contributed by atoms with van der Waals surface area (Å²) in [6.45, 7) is -3.67. The van der Waals surface area contributed by atoms with Crippen molar-refractivity contribution in [3.63, 3.8) is 0 Å². The average molecular weight is 504 g/mol. The van der Waals surface area contributed by atoms with Crippen molar-refractivity contribution in [1.29, 1.82) is 0 Å². The second kappa shape index (κ2) is 9.37. The van der Waals surface area contributed by atoms with Crippen molar-refractivity contribution in [2.45, 2.75) is 19.6 Å². The molecule has 1 aliphatic heterocycles. The summed E-state index contributed by atoms with van der Waals surface area (Å²) in [6, 6.07) is 13.5. The maximum atomic E-state index is 13.7. The van der Waals surface area contributed by atoms with E-state index in [9.17, 15) is 22.4 Å². The number of carbonyl (C=O) groups excluding carboxylic acids is 1. The first-order valence-electron chi connectivity index (χ1n) is 10.3. The number of hydrogen-bond donors (Lipinski definition) is 0. The summed E-state index contributed by atoms with van der Waals surface area (Å²) in [5.74, 6) is 0.0429. The molecule has 0 N–H and O–H groups in total. The Kier molecular flexibility index (Phi) is 6.12. The number of amides is 2. The van der Waals surface area contributed by atoms with Gasteiger partial charge in [-0.1, -0.05) is 0 Å². The van der Waals surface area contributed by atoms with E-state index in [1.165, 1.54) is 51.5 Å². The Morgan fingerprint density at radius 3 is 2.51 bits per heavy atom. The summed E-state index contributed by atoms with van der Waals surface area (Å²) in [6.07, 6.45) is -2.69. The maximum absolute atomic E-state index is 13.7. The Morgan fingerprint density at radius 1 is 1.00 bits per heavy atom. The molecule has 2 amide bonds. The van der Waals surface area contributed by atoms with Crippen LogP contribution in [0.5, 0.6) is 11.6 Å². The van der Waals surface area contributed by atoms with Crippen LogP contribution in [0.4, 0.5) is 39.5 Å². The van der Waals surface area contributed by atoms with Crippen LogP contribution in [0.1, 0.15) is 5.56 Å². The van der Waals surface area contributed by atoms with Crippen molar-refractivity contribution in [1.82, 2.24) is 9.97 Å². The van der Waals surface area contributed by atoms with Crippen molar-refractivity contribution < 1.29 is 31.8 Å². The number of carbonyl (C=O) groups is 1. The van der Waals surface area contributed by atoms with Crippen molar-refractivity contribution in [3.8, 4) is 11.6 Å². The van der Waals surface area contributed by atoms with Crippen LogP contribution >= 0.6 is 11.3 Å². The number of benzene rings is 2. The molecule has 0 fully saturated rings. The maximum Gasteiger partial charge on any atom is 0.387 e. The lowest BCUT2D eigenvalue weighted by Crippen LogP contribution is -2.45. The molecule has 7 nitrogen and oxygen atoms in total. The van der Waals surface area contributed by atoms with Crippen LogP contribution in [0, 0.1) is 0 Å². The number of anilines is 3. The topological polar surface area (TPSA) is 67.8 Å². The van der Waals surface area contributed by atoms with E-state index in [-0.39, 0.29) is 24.0 Å². The van der Waals surface area contributed by atoms with Gasteiger partial charge in [0, 0.05) is 17.3 Å². The summed E-state index contributed by atoms with van der Waals surface area (Å²) < 4.78 is 60.7. The third-order valence-corrected chi connectivity index (χ3v) is 5.99. The number of fused-ring (bicyclic) bond motifs is 2. The Bertz CT molecular complexity index is 1370. The molecule has 2 aromatic heterocycles. The standard InChI is InChI=1S/C23H16F4N4O3S/c24-19(25)11-33-20-8-1-13-10-30(15-4-7-17-18(9-15)35-12-28-17)23(32)31(21(13)29-20)14-2-5-16(6-3-14)34-22(26)27/h1-9,12,19,22H,10-11H2. The molecule has 0 unspecified atom stereocenters. The minimum absolute atomic E-state index is 0.0703. The molecule has 4 aromatic rings. The lowest BCUT2D eigenvalue weighted by Gasteiger charge is -2.36. The SMILES string of the molecule is O=C1N(c2ccc3ncsc3c2)Cc2ccc(OCC(F)F)nc2N1c1ccc(OC(F)F)cc1. The van der Waals surface area contributed by atoms with Gasteiger partial charge in [0.25, 0.3) is 6.43 Å². The zero-order valence-corrected chi connectivity index (χ0v) is 18.6. The largest absolute Gasteiger partial charge is 0.472 e. The summed E-state index contributed by atoms with van der Waals surface area (Å²) in [7, 11) is 0. The lowest BCUT2D eigenvalue weighted by atomic mass is 10.1. The van der Waals surface area contributed by atoms with Gasteiger partial charge in [0.2, 0.25) is 5.88 Å². The van der Waals surface area contributed by atoms with Crippen LogP contribution < -0.4 is 19.3 Å². The number of nitrogens with zero attached hydrogens (tertiary/aromatic N) is 4. The van der Waals surface area contributed by atoms with E-state index in [0.717, 1.165) is 10.2 Å². The molecular weight excluding hydrogens is 488 g/mol. The van der Waals surface area contributed by atoms with Crippen LogP contribution in [-0.2, 0) is 6.54 Å². The monoisotopic (exact) mass is 504 g/mol. The van der Waals surface area contributed by atoms with Crippen molar-refractivity contribution in [3.05, 3.63) is 65.7 Å². The van der Waals surface area contributed by atoms with Crippen molar-refractivity contribution >= 4 is 44.8 Å². The molecule has 0 saturated carbocycles. The average Bonchev–Trinajstić information content (AvgIpc) is 3.31. The first-order chi connectivity index (χ1) is 16.9. The van der Waals surface area contributed by atoms with Crippen LogP contribution in [0.15, 0.2) is 60.1 Å². The molecule has 0 atom stereocenters. The van der Waals surface area contributed by atoms with E-state index in [1.807, 2.05) is 12.1 Å². The third-order valence-electron chi connectivity index (χ3n) is 5.20. The van der Waals surface area contributed by atoms with Gasteiger partial charge in [0.1, 0.15) is 11.6 Å². The quantitative estimate of drug-likeness (QED) is 0.280. The van der Waals surface area contributed by atoms with E-state index in [1.54, 1.807) is 17.6 Å². The van der Waals surface area contributed by atoms with E-state index in [2.05, 4.69) is 14.7 Å². The summed E-state index contributed by atoms with van der Waals surface area (Å²) >= 11 is 1.44. The minimum atomic E-state index is -2.99. The first kappa shape index (κ1) is 22.8. The molecule has 0 radical (unpaired) electrons. The molecule has 1 aliphatic rings. The van der Waals surface area contributed by atoms with Gasteiger partial charge in [-0.05, 0) is 48.5 Å². The number of hydrogen-bond acceptors (Lipinski definition) is 6. The highest BCUT2D eigenvalue weighted by molar-refractivity contribution is 7.16. The molecule has 5 rings (SSSR count). The molecule has 0 aliphatic carbocycles. The van der Waals surface area contributed by atoms with Gasteiger partial charge in [-0.3, -0.25) is 4.90 Å². The fourth-order valence-corrected chi connectivity index (χ4v) is 4.39. The molecule has 12 heteroatoms. The Labute approximate surface area is 200 Å². The molecule has 35 heavy (non-hydrogen) atoms. The number of halogens is 4. The van der Waals surface area contributed by atoms with Crippen LogP contribution in [0.3, 0.4) is 0 Å². The molecule has 2 aromatic carbocycles. The Morgan fingerprint density at radius 2 is 1.77 bits per heavy atom. The van der Waals surface area contributed by atoms with Gasteiger partial charge in [-0.2, -0.15) is 13.8 Å². The van der Waals surface area contributed by atoms with Crippen LogP contribution in [-0.4, -0.2) is 35.6 Å². The van der Waals surface area contributed by atoms with Crippen molar-refractivity contribution in [2.24, 2.45) is 0 Å². The molecule has 3 heterocycles. The molecule has 0 bridgehead atoms. The fraction of sp³-hybridized carbons (Fsp3) is 0.174. The lowest BCUT2D eigenvalue weighted by molar-refractivity contribution is -0.0498. The van der Waals surface area contributed by atoms with Gasteiger partial charge < -0.3 is 9.47 Å². The number of thiazole rings is 1. The first-order valence-corrected chi connectivity index (χ1v) is 11.2. The number of alkyl halides is 4. The summed E-state index contributed by atoms with van der Waals surface area (Å²) in [5.41, 5.74) is 4.09. The Balaban J connectivity index is 1.56. The van der Waals surface area contributed by atoms with E-state index < -0.39 is 25.7 Å². The van der Waals surface area contributed by atoms with E-state index in [0.29, 0.717) is 16.9 Å². The highest BCUT2D eigenvalue weighted by Crippen LogP contribution is 2.38. The van der Waals surface area contributed by atoms with Gasteiger partial charge in [0.15, 0.2) is 6.61 Å². The zero-order valence-electron chi connectivity index (χ0n) is 17.8. The highest BCUT2D eigenvalue weighted by Gasteiger charge is 2.34. The third kappa shape index (κ3) is 4.69. The molecular formula is C23H16F4N4O3S. The van der Waals surface area contributed by atoms with E-state index in [4.69, 9.17) is 4.74 Å². The van der Waals surface area contributed by atoms with Crippen LogP contribution in [0.25, 0.3) is 10.2 Å². The second-order valence-corrected chi connectivity index (χ2v) is 8.30. The predicted octanol–water partition coefficient (Wildman–Crippen LogP) is 6.21. The zero-order chi connectivity index (χ0) is 24.5. The van der Waals surface area contributed by atoms with Crippen molar-refractivity contribution in [2.75, 3.05) is 16.4 Å². The number of rotatable bonds is 7. The molecule has 0 spiro atoms. The fourth-order valence-electron chi connectivity index (χ4n) is 3.68. The number of pyridine rings is 1. The highest BCUT2D eigenvalue weighted by atomic mass is 32.1. The second-order valence-electron chi connectivity index (χ2n) is 7.42. The Hall–Kier alpha value is -3.93. The number of aromatic nitrogens is 2. The summed E-state index contributed by atoms with van der Waals surface area (Å²) in [5, 5.41) is 0. The minimum Gasteiger partial charge on any atom is -0.472 e. The normalized spacial score (nSPS) is 13.6. The van der Waals surface area contributed by atoms with Gasteiger partial charge in [-0.25, -0.2) is 23.5 Å². The van der Waals surface area contributed by atoms with Gasteiger partial charge >= 0.3 is 12.6 Å². The van der Waals surface area contributed by atoms with Gasteiger partial charge in [0.05, 0.1) is 28.0 Å². The summed E-state index contributed by atoms with van der Waals surface area (Å²) in [4.78, 5) is 25.1. The number of ether oxygens (including phenoxy) is 2.